The van der Waals surface area contributed by atoms with Crippen molar-refractivity contribution in [2.24, 2.45) is 5.41 Å². The second kappa shape index (κ2) is 10.0. The second-order valence-electron chi connectivity index (χ2n) is 9.11. The maximum atomic E-state index is 14.5. The van der Waals surface area contributed by atoms with Crippen LogP contribution in [0.3, 0.4) is 0 Å². The van der Waals surface area contributed by atoms with Crippen molar-refractivity contribution in [2.45, 2.75) is 25.3 Å². The van der Waals surface area contributed by atoms with Gasteiger partial charge < -0.3 is 15.0 Å². The second-order valence-corrected chi connectivity index (χ2v) is 9.11. The molecule has 0 bridgehead atoms. The quantitative estimate of drug-likeness (QED) is 0.756. The van der Waals surface area contributed by atoms with E-state index in [2.05, 4.69) is 10.2 Å². The molecule has 2 aromatic rings. The zero-order valence-electron chi connectivity index (χ0n) is 19.4. The summed E-state index contributed by atoms with van der Waals surface area (Å²) in [5, 5.41) is 2.67. The number of piperazine rings is 1. The van der Waals surface area contributed by atoms with Crippen molar-refractivity contribution < 1.29 is 18.7 Å². The predicted molar refractivity (Wildman–Crippen MR) is 124 cm³/mol. The average Bonchev–Trinajstić information content (AvgIpc) is 2.85. The molecule has 1 atom stereocenters. The van der Waals surface area contributed by atoms with Crippen molar-refractivity contribution in [3.05, 3.63) is 71.0 Å². The molecule has 6 nitrogen and oxygen atoms in total. The molecule has 4 rings (SSSR count). The summed E-state index contributed by atoms with van der Waals surface area (Å²) in [5.74, 6) is -0.317. The zero-order valence-corrected chi connectivity index (χ0v) is 19.4. The third-order valence-electron chi connectivity index (χ3n) is 7.09. The van der Waals surface area contributed by atoms with Crippen LogP contribution in [0.25, 0.3) is 0 Å². The van der Waals surface area contributed by atoms with Crippen LogP contribution < -0.4 is 5.32 Å². The van der Waals surface area contributed by atoms with Gasteiger partial charge in [-0.05, 0) is 55.6 Å². The molecule has 0 spiro atoms. The number of likely N-dealkylation sites (N-methyl/N-ethyl adjacent to an activating group) is 1. The molecule has 1 N–H and O–H groups in total. The Kier molecular flexibility index (Phi) is 7.10. The Morgan fingerprint density at radius 3 is 2.61 bits per heavy atom. The van der Waals surface area contributed by atoms with Gasteiger partial charge in [0.05, 0.1) is 11.5 Å². The molecule has 2 aromatic carbocycles. The van der Waals surface area contributed by atoms with E-state index in [0.29, 0.717) is 56.7 Å². The van der Waals surface area contributed by atoms with Crippen LogP contribution in [0.15, 0.2) is 48.5 Å². The van der Waals surface area contributed by atoms with Gasteiger partial charge in [-0.15, -0.1) is 0 Å². The molecule has 0 saturated carbocycles. The van der Waals surface area contributed by atoms with Crippen molar-refractivity contribution >= 4 is 11.8 Å². The van der Waals surface area contributed by atoms with Gasteiger partial charge in [-0.1, -0.05) is 30.3 Å². The highest BCUT2D eigenvalue weighted by Crippen LogP contribution is 2.38. The first kappa shape index (κ1) is 23.4. The largest absolute Gasteiger partial charge is 0.381 e. The van der Waals surface area contributed by atoms with E-state index in [9.17, 15) is 14.0 Å². The van der Waals surface area contributed by atoms with Gasteiger partial charge in [0.25, 0.3) is 5.91 Å². The maximum Gasteiger partial charge on any atom is 0.251 e. The fourth-order valence-electron chi connectivity index (χ4n) is 5.02. The highest BCUT2D eigenvalue weighted by atomic mass is 19.1. The van der Waals surface area contributed by atoms with Crippen LogP contribution in [0.5, 0.6) is 0 Å². The number of rotatable bonds is 5. The number of nitrogens with one attached hydrogen (secondary N) is 1. The minimum Gasteiger partial charge on any atom is -0.381 e. The molecule has 2 heterocycles. The molecule has 0 radical (unpaired) electrons. The van der Waals surface area contributed by atoms with Gasteiger partial charge >= 0.3 is 0 Å². The highest BCUT2D eigenvalue weighted by molar-refractivity contribution is 5.94. The lowest BCUT2D eigenvalue weighted by Gasteiger charge is -2.45. The minimum absolute atomic E-state index is 0.0161. The van der Waals surface area contributed by atoms with E-state index >= 15 is 0 Å². The molecular formula is C26H32FN3O3. The van der Waals surface area contributed by atoms with Crippen molar-refractivity contribution in [1.82, 2.24) is 15.1 Å². The summed E-state index contributed by atoms with van der Waals surface area (Å²) in [6.07, 6.45) is 1.55. The van der Waals surface area contributed by atoms with E-state index < -0.39 is 5.41 Å². The number of amides is 2. The summed E-state index contributed by atoms with van der Waals surface area (Å²) in [6, 6.07) is 14.3. The molecule has 0 aliphatic carbocycles. The topological polar surface area (TPSA) is 61.9 Å². The number of hydrogen-bond donors (Lipinski definition) is 1. The third-order valence-corrected chi connectivity index (χ3v) is 7.09. The first-order chi connectivity index (χ1) is 15.9. The van der Waals surface area contributed by atoms with Gasteiger partial charge in [0, 0.05) is 45.5 Å². The average molecular weight is 454 g/mol. The molecule has 33 heavy (non-hydrogen) atoms. The summed E-state index contributed by atoms with van der Waals surface area (Å²) >= 11 is 0. The van der Waals surface area contributed by atoms with Crippen molar-refractivity contribution in [2.75, 3.05) is 46.9 Å². The number of ether oxygens (including phenoxy) is 1. The van der Waals surface area contributed by atoms with Gasteiger partial charge in [0.15, 0.2) is 0 Å². The van der Waals surface area contributed by atoms with Crippen LogP contribution >= 0.6 is 0 Å². The van der Waals surface area contributed by atoms with E-state index in [-0.39, 0.29) is 23.7 Å². The van der Waals surface area contributed by atoms with Gasteiger partial charge in [-0.2, -0.15) is 0 Å². The fourth-order valence-corrected chi connectivity index (χ4v) is 5.02. The van der Waals surface area contributed by atoms with E-state index in [1.54, 1.807) is 25.2 Å². The monoisotopic (exact) mass is 453 g/mol. The minimum atomic E-state index is -0.662. The van der Waals surface area contributed by atoms with Crippen LogP contribution in [-0.2, 0) is 16.0 Å². The number of nitrogens with zero attached hydrogens (tertiary/aromatic N) is 2. The number of carbonyl (C=O) groups is 2. The van der Waals surface area contributed by atoms with E-state index in [0.717, 1.165) is 12.1 Å². The van der Waals surface area contributed by atoms with Crippen LogP contribution in [0, 0.1) is 11.2 Å². The first-order valence-corrected chi connectivity index (χ1v) is 11.6. The summed E-state index contributed by atoms with van der Waals surface area (Å²) in [4.78, 5) is 30.2. The Balaban J connectivity index is 1.58. The summed E-state index contributed by atoms with van der Waals surface area (Å²) < 4.78 is 20.1. The standard InChI is InChI=1S/C26H32FN3O3/c1-28-24(31)20-8-5-7-19(16-20)23-18-30(13-12-29(23)2)25(32)26(10-14-33-15-11-26)17-21-6-3-4-9-22(21)27/h3-9,16,23H,10-15,17-18H2,1-2H3,(H,28,31)/t23-/m1/s1. The molecule has 0 aromatic heterocycles. The van der Waals surface area contributed by atoms with Gasteiger partial charge in [0.2, 0.25) is 5.91 Å². The molecule has 2 aliphatic heterocycles. The van der Waals surface area contributed by atoms with Crippen LogP contribution in [0.2, 0.25) is 0 Å². The van der Waals surface area contributed by atoms with Gasteiger partial charge in [0.1, 0.15) is 5.82 Å². The normalized spacial score (nSPS) is 20.9. The molecule has 176 valence electrons. The number of carbonyl (C=O) groups excluding carboxylic acids is 2. The van der Waals surface area contributed by atoms with Crippen LogP contribution in [-0.4, -0.2) is 68.6 Å². The lowest BCUT2D eigenvalue weighted by Crippen LogP contribution is -2.55. The van der Waals surface area contributed by atoms with E-state index in [1.807, 2.05) is 36.2 Å². The van der Waals surface area contributed by atoms with Gasteiger partial charge in [-0.25, -0.2) is 4.39 Å². The Labute approximate surface area is 194 Å². The smallest absolute Gasteiger partial charge is 0.251 e. The number of hydrogen-bond acceptors (Lipinski definition) is 4. The van der Waals surface area contributed by atoms with Crippen LogP contribution in [0.1, 0.15) is 40.4 Å². The van der Waals surface area contributed by atoms with Crippen LogP contribution in [0.4, 0.5) is 4.39 Å². The fraction of sp³-hybridized carbons (Fsp3) is 0.462. The van der Waals surface area contributed by atoms with E-state index in [1.165, 1.54) is 6.07 Å². The summed E-state index contributed by atoms with van der Waals surface area (Å²) in [6.45, 7) is 2.90. The molecular weight excluding hydrogens is 421 g/mol. The van der Waals surface area contributed by atoms with Gasteiger partial charge in [-0.3, -0.25) is 14.5 Å². The predicted octanol–water partition coefficient (Wildman–Crippen LogP) is 3.04. The molecule has 2 saturated heterocycles. The molecule has 2 amide bonds. The Morgan fingerprint density at radius 1 is 1.12 bits per heavy atom. The molecule has 2 aliphatic rings. The lowest BCUT2D eigenvalue weighted by molar-refractivity contribution is -0.151. The summed E-state index contributed by atoms with van der Waals surface area (Å²) in [5.41, 5.74) is 1.53. The lowest BCUT2D eigenvalue weighted by atomic mass is 9.73. The highest BCUT2D eigenvalue weighted by Gasteiger charge is 2.44. The molecule has 2 fully saturated rings. The summed E-state index contributed by atoms with van der Waals surface area (Å²) in [7, 11) is 3.66. The van der Waals surface area contributed by atoms with Crippen molar-refractivity contribution in [3.63, 3.8) is 0 Å². The van der Waals surface area contributed by atoms with Crippen molar-refractivity contribution in [1.29, 1.82) is 0 Å². The zero-order chi connectivity index (χ0) is 23.4. The number of benzene rings is 2. The van der Waals surface area contributed by atoms with E-state index in [4.69, 9.17) is 4.74 Å². The Bertz CT molecular complexity index is 1010. The molecule has 0 unspecified atom stereocenters. The molecule has 7 heteroatoms. The Hall–Kier alpha value is -2.77. The Morgan fingerprint density at radius 2 is 1.88 bits per heavy atom. The van der Waals surface area contributed by atoms with Crippen molar-refractivity contribution in [3.8, 4) is 0 Å². The SMILES string of the molecule is CNC(=O)c1cccc([C@H]2CN(C(=O)C3(Cc4ccccc4F)CCOCC3)CCN2C)c1. The maximum absolute atomic E-state index is 14.5. The first-order valence-electron chi connectivity index (χ1n) is 11.6. The number of halogens is 1. The third kappa shape index (κ3) is 4.94.